The van der Waals surface area contributed by atoms with Crippen molar-refractivity contribution in [2.24, 2.45) is 0 Å². The molecular weight excluding hydrogens is 436 g/mol. The summed E-state index contributed by atoms with van der Waals surface area (Å²) in [5, 5.41) is 6.58. The Morgan fingerprint density at radius 2 is 2.00 bits per heavy atom. The fourth-order valence-electron chi connectivity index (χ4n) is 3.91. The van der Waals surface area contributed by atoms with Crippen LogP contribution in [0.2, 0.25) is 0 Å². The summed E-state index contributed by atoms with van der Waals surface area (Å²) < 4.78 is 0. The molecule has 32 heavy (non-hydrogen) atoms. The smallest absolute Gasteiger partial charge is 0.232 e. The van der Waals surface area contributed by atoms with Crippen LogP contribution < -0.4 is 5.32 Å². The number of carbonyl (C=O) groups is 1. The van der Waals surface area contributed by atoms with Gasteiger partial charge in [0.05, 0.1) is 17.8 Å². The fraction of sp³-hybridized carbons (Fsp3) is 0.240. The Morgan fingerprint density at radius 1 is 1.12 bits per heavy atom. The van der Waals surface area contributed by atoms with Gasteiger partial charge in [0.1, 0.15) is 5.01 Å². The average molecular weight is 461 g/mol. The largest absolute Gasteiger partial charge is 0.302 e. The molecule has 0 saturated heterocycles. The molecule has 2 aromatic carbocycles. The van der Waals surface area contributed by atoms with E-state index in [2.05, 4.69) is 69.6 Å². The van der Waals surface area contributed by atoms with E-state index in [9.17, 15) is 4.79 Å². The maximum absolute atomic E-state index is 12.6. The van der Waals surface area contributed by atoms with Gasteiger partial charge in [-0.15, -0.1) is 22.7 Å². The van der Waals surface area contributed by atoms with Crippen LogP contribution in [0.4, 0.5) is 5.13 Å². The summed E-state index contributed by atoms with van der Waals surface area (Å²) >= 11 is 3.16. The lowest BCUT2D eigenvalue weighted by Crippen LogP contribution is -2.29. The first-order valence-electron chi connectivity index (χ1n) is 10.7. The molecule has 1 N–H and O–H groups in total. The second-order valence-electron chi connectivity index (χ2n) is 8.07. The van der Waals surface area contributed by atoms with Gasteiger partial charge in [-0.3, -0.25) is 9.69 Å². The lowest BCUT2D eigenvalue weighted by molar-refractivity contribution is -0.115. The number of nitrogens with one attached hydrogen (secondary N) is 1. The maximum Gasteiger partial charge on any atom is 0.232 e. The Hall–Kier alpha value is -2.87. The molecule has 162 valence electrons. The zero-order valence-corrected chi connectivity index (χ0v) is 19.5. The van der Waals surface area contributed by atoms with E-state index in [1.165, 1.54) is 16.0 Å². The number of fused-ring (bicyclic) bond motifs is 1. The van der Waals surface area contributed by atoms with Crippen LogP contribution in [0.15, 0.2) is 60.0 Å². The van der Waals surface area contributed by atoms with E-state index in [-0.39, 0.29) is 12.3 Å². The summed E-state index contributed by atoms with van der Waals surface area (Å²) in [7, 11) is 0. The van der Waals surface area contributed by atoms with Crippen LogP contribution in [-0.4, -0.2) is 27.3 Å². The SMILES string of the molecule is Cc1cccc(-c2nc(CC(=O)Nc3nc4c(s3)CN(Cc3ccccc3)CC4)cs2)c1. The Kier molecular flexibility index (Phi) is 6.12. The molecule has 0 aliphatic carbocycles. The quantitative estimate of drug-likeness (QED) is 0.423. The van der Waals surface area contributed by atoms with Gasteiger partial charge in [0.15, 0.2) is 5.13 Å². The van der Waals surface area contributed by atoms with Crippen molar-refractivity contribution in [3.63, 3.8) is 0 Å². The van der Waals surface area contributed by atoms with Crippen molar-refractivity contribution in [2.75, 3.05) is 11.9 Å². The predicted octanol–water partition coefficient (Wildman–Crippen LogP) is 5.31. The number of aryl methyl sites for hydroxylation is 1. The summed E-state index contributed by atoms with van der Waals surface area (Å²) in [4.78, 5) is 25.6. The second kappa shape index (κ2) is 9.32. The summed E-state index contributed by atoms with van der Waals surface area (Å²) in [6.45, 7) is 4.87. The highest BCUT2D eigenvalue weighted by atomic mass is 32.1. The summed E-state index contributed by atoms with van der Waals surface area (Å²) in [6.07, 6.45) is 1.17. The number of carbonyl (C=O) groups excluding carboxylic acids is 1. The number of amides is 1. The molecule has 1 aliphatic heterocycles. The molecule has 7 heteroatoms. The normalized spacial score (nSPS) is 13.7. The monoisotopic (exact) mass is 460 g/mol. The van der Waals surface area contributed by atoms with Crippen LogP contribution in [0, 0.1) is 6.92 Å². The molecule has 4 aromatic rings. The number of benzene rings is 2. The molecule has 0 bridgehead atoms. The minimum atomic E-state index is -0.0710. The van der Waals surface area contributed by atoms with E-state index in [0.29, 0.717) is 5.13 Å². The third kappa shape index (κ3) is 4.96. The molecule has 1 aliphatic rings. The molecular formula is C25H24N4OS2. The maximum atomic E-state index is 12.6. The molecule has 3 heterocycles. The Bertz CT molecular complexity index is 1230. The first kappa shape index (κ1) is 21.0. The van der Waals surface area contributed by atoms with Crippen LogP contribution in [0.1, 0.15) is 27.4 Å². The van der Waals surface area contributed by atoms with Gasteiger partial charge < -0.3 is 5.32 Å². The number of anilines is 1. The van der Waals surface area contributed by atoms with Crippen molar-refractivity contribution in [1.29, 1.82) is 0 Å². The van der Waals surface area contributed by atoms with Gasteiger partial charge >= 0.3 is 0 Å². The molecule has 5 rings (SSSR count). The molecule has 0 spiro atoms. The Labute approximate surface area is 195 Å². The minimum absolute atomic E-state index is 0.0710. The molecule has 0 radical (unpaired) electrons. The van der Waals surface area contributed by atoms with Crippen LogP contribution >= 0.6 is 22.7 Å². The standard InChI is InChI=1S/C25H24N4OS2/c1-17-6-5-9-19(12-17)24-26-20(16-31-24)13-23(30)28-25-27-21-10-11-29(15-22(21)32-25)14-18-7-3-2-4-8-18/h2-9,12,16H,10-11,13-15H2,1H3,(H,27,28,30). The third-order valence-electron chi connectivity index (χ3n) is 5.46. The van der Waals surface area contributed by atoms with Gasteiger partial charge in [0, 0.05) is 41.9 Å². The molecule has 0 fully saturated rings. The lowest BCUT2D eigenvalue weighted by atomic mass is 10.1. The van der Waals surface area contributed by atoms with Gasteiger partial charge in [-0.05, 0) is 18.6 Å². The van der Waals surface area contributed by atoms with Gasteiger partial charge in [0.2, 0.25) is 5.91 Å². The summed E-state index contributed by atoms with van der Waals surface area (Å²) in [5.74, 6) is -0.0710. The van der Waals surface area contributed by atoms with E-state index in [1.807, 2.05) is 17.5 Å². The third-order valence-corrected chi connectivity index (χ3v) is 7.40. The average Bonchev–Trinajstić information content (AvgIpc) is 3.40. The van der Waals surface area contributed by atoms with Gasteiger partial charge in [-0.2, -0.15) is 0 Å². The molecule has 5 nitrogen and oxygen atoms in total. The van der Waals surface area contributed by atoms with Gasteiger partial charge in [-0.1, -0.05) is 54.1 Å². The van der Waals surface area contributed by atoms with E-state index < -0.39 is 0 Å². The van der Waals surface area contributed by atoms with Crippen molar-refractivity contribution in [3.05, 3.63) is 87.4 Å². The van der Waals surface area contributed by atoms with Gasteiger partial charge in [-0.25, -0.2) is 9.97 Å². The van der Waals surface area contributed by atoms with Crippen LogP contribution in [0.3, 0.4) is 0 Å². The van der Waals surface area contributed by atoms with E-state index in [4.69, 9.17) is 0 Å². The summed E-state index contributed by atoms with van der Waals surface area (Å²) in [5.41, 5.74) is 5.52. The van der Waals surface area contributed by atoms with Crippen molar-refractivity contribution >= 4 is 33.7 Å². The van der Waals surface area contributed by atoms with Crippen molar-refractivity contribution in [3.8, 4) is 10.6 Å². The van der Waals surface area contributed by atoms with E-state index in [0.717, 1.165) is 48.0 Å². The van der Waals surface area contributed by atoms with Crippen LogP contribution in [0.25, 0.3) is 10.6 Å². The van der Waals surface area contributed by atoms with Crippen molar-refractivity contribution in [1.82, 2.24) is 14.9 Å². The van der Waals surface area contributed by atoms with Crippen molar-refractivity contribution < 1.29 is 4.79 Å². The number of rotatable bonds is 6. The van der Waals surface area contributed by atoms with Crippen LogP contribution in [0.5, 0.6) is 0 Å². The minimum Gasteiger partial charge on any atom is -0.302 e. The molecule has 0 atom stereocenters. The first-order chi connectivity index (χ1) is 15.6. The number of nitrogens with zero attached hydrogens (tertiary/aromatic N) is 3. The zero-order valence-electron chi connectivity index (χ0n) is 17.9. The predicted molar refractivity (Wildman–Crippen MR) is 131 cm³/mol. The number of thiazole rings is 2. The highest BCUT2D eigenvalue weighted by Crippen LogP contribution is 2.29. The fourth-order valence-corrected chi connectivity index (χ4v) is 5.79. The number of hydrogen-bond donors (Lipinski definition) is 1. The zero-order chi connectivity index (χ0) is 21.9. The van der Waals surface area contributed by atoms with Gasteiger partial charge in [0.25, 0.3) is 0 Å². The number of hydrogen-bond acceptors (Lipinski definition) is 6. The molecule has 0 unspecified atom stereocenters. The highest BCUT2D eigenvalue weighted by molar-refractivity contribution is 7.15. The van der Waals surface area contributed by atoms with Crippen LogP contribution in [-0.2, 0) is 30.7 Å². The molecule has 0 saturated carbocycles. The van der Waals surface area contributed by atoms with Crippen molar-refractivity contribution in [2.45, 2.75) is 32.9 Å². The number of aromatic nitrogens is 2. The molecule has 2 aromatic heterocycles. The first-order valence-corrected chi connectivity index (χ1v) is 12.4. The molecule has 1 amide bonds. The lowest BCUT2D eigenvalue weighted by Gasteiger charge is -2.25. The Morgan fingerprint density at radius 3 is 2.84 bits per heavy atom. The van der Waals surface area contributed by atoms with E-state index in [1.54, 1.807) is 22.7 Å². The topological polar surface area (TPSA) is 58.1 Å². The van der Waals surface area contributed by atoms with E-state index >= 15 is 0 Å². The highest BCUT2D eigenvalue weighted by Gasteiger charge is 2.21. The Balaban J connectivity index is 1.19. The summed E-state index contributed by atoms with van der Waals surface area (Å²) in [6, 6.07) is 18.8. The second-order valence-corrected chi connectivity index (χ2v) is 10.0.